The molecule has 0 aliphatic carbocycles. The lowest BCUT2D eigenvalue weighted by atomic mass is 10.0. The molecular formula is C29H32FN3O4S. The van der Waals surface area contributed by atoms with Crippen molar-refractivity contribution < 1.29 is 22.7 Å². The molecule has 2 saturated heterocycles. The highest BCUT2D eigenvalue weighted by molar-refractivity contribution is 7.89. The molecule has 7 nitrogen and oxygen atoms in total. The Morgan fingerprint density at radius 3 is 2.11 bits per heavy atom. The number of benzene rings is 3. The molecule has 0 aromatic heterocycles. The van der Waals surface area contributed by atoms with Crippen LogP contribution in [0, 0.1) is 5.82 Å². The van der Waals surface area contributed by atoms with Crippen molar-refractivity contribution in [2.24, 2.45) is 0 Å². The van der Waals surface area contributed by atoms with Gasteiger partial charge >= 0.3 is 5.97 Å². The van der Waals surface area contributed by atoms with Crippen LogP contribution in [0.1, 0.15) is 46.5 Å². The number of hydrogen-bond donors (Lipinski definition) is 1. The van der Waals surface area contributed by atoms with E-state index in [0.717, 1.165) is 36.4 Å². The quantitative estimate of drug-likeness (QED) is 0.482. The fourth-order valence-corrected chi connectivity index (χ4v) is 7.61. The Labute approximate surface area is 223 Å². The summed E-state index contributed by atoms with van der Waals surface area (Å²) in [4.78, 5) is 15.4. The van der Waals surface area contributed by atoms with Gasteiger partial charge in [0.15, 0.2) is 0 Å². The third kappa shape index (κ3) is 5.26. The van der Waals surface area contributed by atoms with E-state index in [1.807, 2.05) is 55.5 Å². The zero-order valence-corrected chi connectivity index (χ0v) is 22.1. The van der Waals surface area contributed by atoms with Crippen molar-refractivity contribution >= 4 is 27.4 Å². The second-order valence-corrected chi connectivity index (χ2v) is 12.1. The second-order valence-electron chi connectivity index (χ2n) is 10.0. The van der Waals surface area contributed by atoms with Crippen LogP contribution in [0.5, 0.6) is 0 Å². The normalized spacial score (nSPS) is 21.8. The average molecular weight is 538 g/mol. The van der Waals surface area contributed by atoms with Crippen molar-refractivity contribution in [1.29, 1.82) is 0 Å². The molecule has 2 aliphatic rings. The lowest BCUT2D eigenvalue weighted by Crippen LogP contribution is -2.46. The largest absolute Gasteiger partial charge is 0.478 e. The van der Waals surface area contributed by atoms with E-state index in [9.17, 15) is 13.2 Å². The van der Waals surface area contributed by atoms with Gasteiger partial charge in [0.1, 0.15) is 11.1 Å². The van der Waals surface area contributed by atoms with Gasteiger partial charge in [-0.1, -0.05) is 36.4 Å². The van der Waals surface area contributed by atoms with Crippen LogP contribution >= 0.6 is 0 Å². The maximum Gasteiger partial charge on any atom is 0.335 e. The molecule has 1 N–H and O–H groups in total. The van der Waals surface area contributed by atoms with Gasteiger partial charge in [0.25, 0.3) is 0 Å². The van der Waals surface area contributed by atoms with Gasteiger partial charge in [0.2, 0.25) is 10.0 Å². The number of rotatable bonds is 6. The van der Waals surface area contributed by atoms with Crippen LogP contribution in [0.2, 0.25) is 0 Å². The zero-order chi connectivity index (χ0) is 26.9. The Bertz CT molecular complexity index is 1390. The van der Waals surface area contributed by atoms with E-state index in [1.54, 1.807) is 18.2 Å². The third-order valence-electron chi connectivity index (χ3n) is 7.68. The number of hydrogen-bond acceptors (Lipinski definition) is 5. The number of carboxylic acid groups (broad SMARTS) is 1. The highest BCUT2D eigenvalue weighted by atomic mass is 32.2. The molecule has 2 aliphatic heterocycles. The third-order valence-corrected chi connectivity index (χ3v) is 10.1. The zero-order valence-electron chi connectivity index (χ0n) is 21.3. The van der Waals surface area contributed by atoms with Crippen molar-refractivity contribution in [2.75, 3.05) is 36.0 Å². The van der Waals surface area contributed by atoms with Crippen LogP contribution in [0.4, 0.5) is 15.8 Å². The molecule has 200 valence electrons. The molecule has 3 aromatic rings. The highest BCUT2D eigenvalue weighted by Gasteiger charge is 2.40. The van der Waals surface area contributed by atoms with Gasteiger partial charge in [-0.25, -0.2) is 17.6 Å². The molecule has 3 aromatic carbocycles. The first-order valence-corrected chi connectivity index (χ1v) is 14.4. The van der Waals surface area contributed by atoms with E-state index in [2.05, 4.69) is 9.80 Å². The smallest absolute Gasteiger partial charge is 0.335 e. The number of aromatic carboxylic acids is 1. The summed E-state index contributed by atoms with van der Waals surface area (Å²) in [6.45, 7) is 4.73. The van der Waals surface area contributed by atoms with E-state index in [4.69, 9.17) is 5.11 Å². The molecule has 0 bridgehead atoms. The van der Waals surface area contributed by atoms with Crippen molar-refractivity contribution in [3.05, 3.63) is 95.3 Å². The molecule has 0 unspecified atom stereocenters. The second kappa shape index (κ2) is 10.7. The molecule has 0 saturated carbocycles. The summed E-state index contributed by atoms with van der Waals surface area (Å²) < 4.78 is 43.8. The lowest BCUT2D eigenvalue weighted by molar-refractivity contribution is 0.0697. The van der Waals surface area contributed by atoms with Gasteiger partial charge in [-0.05, 0) is 61.7 Å². The molecule has 2 heterocycles. The van der Waals surface area contributed by atoms with Crippen LogP contribution in [0.3, 0.4) is 0 Å². The summed E-state index contributed by atoms with van der Waals surface area (Å²) in [6.07, 6.45) is 1.28. The minimum Gasteiger partial charge on any atom is -0.478 e. The Balaban J connectivity index is 1.26. The number of carbonyl (C=O) groups is 1. The van der Waals surface area contributed by atoms with Crippen molar-refractivity contribution in [3.8, 4) is 0 Å². The first-order chi connectivity index (χ1) is 18.2. The summed E-state index contributed by atoms with van der Waals surface area (Å²) in [6, 6.07) is 21.0. The molecular weight excluding hydrogens is 505 g/mol. The number of piperazine rings is 1. The Kier molecular flexibility index (Phi) is 7.40. The highest BCUT2D eigenvalue weighted by Crippen LogP contribution is 2.38. The van der Waals surface area contributed by atoms with Crippen LogP contribution in [-0.4, -0.2) is 56.0 Å². The number of anilines is 2. The molecule has 0 amide bonds. The number of sulfonamides is 1. The van der Waals surface area contributed by atoms with E-state index < -0.39 is 27.1 Å². The van der Waals surface area contributed by atoms with E-state index in [-0.39, 0.29) is 18.2 Å². The predicted octanol–water partition coefficient (Wildman–Crippen LogP) is 4.91. The van der Waals surface area contributed by atoms with E-state index in [0.29, 0.717) is 25.1 Å². The van der Waals surface area contributed by atoms with Gasteiger partial charge in [0.05, 0.1) is 5.56 Å². The van der Waals surface area contributed by atoms with Crippen LogP contribution in [0.15, 0.2) is 72.8 Å². The standard InChI is InChI=1S/C29H32FN3O4S/c1-21-7-14-28(22-5-3-2-4-6-22)38(36,37)33(21)20-24-10-13-26(19-27(24)30)32-17-15-31(16-18-32)25-11-8-23(9-12-25)29(34)35/h2-6,8-13,19,21,28H,7,14-18,20H2,1H3,(H,34,35)/t21-,28-/m1/s1. The molecule has 0 spiro atoms. The summed E-state index contributed by atoms with van der Waals surface area (Å²) in [5, 5.41) is 8.48. The first kappa shape index (κ1) is 26.2. The molecule has 0 radical (unpaired) electrons. The van der Waals surface area contributed by atoms with E-state index in [1.165, 1.54) is 10.4 Å². The minimum atomic E-state index is -3.63. The van der Waals surface area contributed by atoms with Gasteiger partial charge < -0.3 is 14.9 Å². The first-order valence-electron chi connectivity index (χ1n) is 12.9. The van der Waals surface area contributed by atoms with Crippen LogP contribution in [0.25, 0.3) is 0 Å². The van der Waals surface area contributed by atoms with Crippen molar-refractivity contribution in [3.63, 3.8) is 0 Å². The van der Waals surface area contributed by atoms with Gasteiger partial charge in [-0.15, -0.1) is 0 Å². The number of carboxylic acids is 1. The average Bonchev–Trinajstić information content (AvgIpc) is 2.92. The topological polar surface area (TPSA) is 81.2 Å². The van der Waals surface area contributed by atoms with Gasteiger partial charge in [-0.3, -0.25) is 0 Å². The molecule has 9 heteroatoms. The summed E-state index contributed by atoms with van der Waals surface area (Å²) in [5.74, 6) is -1.35. The van der Waals surface area contributed by atoms with Gasteiger partial charge in [-0.2, -0.15) is 4.31 Å². The molecule has 2 atom stereocenters. The summed E-state index contributed by atoms with van der Waals surface area (Å²) in [5.41, 5.74) is 3.13. The monoisotopic (exact) mass is 537 g/mol. The van der Waals surface area contributed by atoms with Crippen LogP contribution in [-0.2, 0) is 16.6 Å². The minimum absolute atomic E-state index is 0.0130. The number of nitrogens with zero attached hydrogens (tertiary/aromatic N) is 3. The van der Waals surface area contributed by atoms with Crippen molar-refractivity contribution in [2.45, 2.75) is 37.6 Å². The Morgan fingerprint density at radius 2 is 1.50 bits per heavy atom. The Morgan fingerprint density at radius 1 is 0.895 bits per heavy atom. The van der Waals surface area contributed by atoms with Crippen molar-refractivity contribution in [1.82, 2.24) is 4.31 Å². The molecule has 38 heavy (non-hydrogen) atoms. The molecule has 2 fully saturated rings. The maximum absolute atomic E-state index is 15.3. The SMILES string of the molecule is C[C@@H]1CC[C@H](c2ccccc2)S(=O)(=O)N1Cc1ccc(N2CCN(c3ccc(C(=O)O)cc3)CC2)cc1F. The van der Waals surface area contributed by atoms with Gasteiger partial charge in [0, 0.05) is 55.7 Å². The maximum atomic E-state index is 15.3. The Hall–Kier alpha value is -3.43. The summed E-state index contributed by atoms with van der Waals surface area (Å²) in [7, 11) is -3.63. The predicted molar refractivity (Wildman–Crippen MR) is 147 cm³/mol. The fraction of sp³-hybridized carbons (Fsp3) is 0.345. The summed E-state index contributed by atoms with van der Waals surface area (Å²) >= 11 is 0. The van der Waals surface area contributed by atoms with Crippen LogP contribution < -0.4 is 9.80 Å². The number of halogens is 1. The van der Waals surface area contributed by atoms with E-state index >= 15 is 4.39 Å². The fourth-order valence-electron chi connectivity index (χ4n) is 5.42. The molecule has 5 rings (SSSR count). The lowest BCUT2D eigenvalue weighted by Gasteiger charge is -2.38.